The molecule has 0 aromatic rings. The predicted molar refractivity (Wildman–Crippen MR) is 120 cm³/mol. The summed E-state index contributed by atoms with van der Waals surface area (Å²) in [7, 11) is 0. The fraction of sp³-hybridized carbons (Fsp3) is 1.00. The van der Waals surface area contributed by atoms with Gasteiger partial charge >= 0.3 is 5.97 Å². The Bertz CT molecular complexity index is 312. The minimum atomic E-state index is -1.33. The lowest BCUT2D eigenvalue weighted by Crippen LogP contribution is -2.63. The highest BCUT2D eigenvalue weighted by molar-refractivity contribution is 4.83. The molecule has 0 aliphatic rings. The monoisotopic (exact) mass is 418 g/mol. The number of hydrogen-bond acceptors (Lipinski definition) is 5. The van der Waals surface area contributed by atoms with Gasteiger partial charge in [0.15, 0.2) is 0 Å². The van der Waals surface area contributed by atoms with Crippen LogP contribution in [0.1, 0.15) is 112 Å². The molecule has 0 N–H and O–H groups in total. The van der Waals surface area contributed by atoms with E-state index in [1.54, 1.807) is 0 Å². The fourth-order valence-electron chi connectivity index (χ4n) is 2.91. The van der Waals surface area contributed by atoms with Crippen LogP contribution in [0.4, 0.5) is 0 Å². The maximum Gasteiger partial charge on any atom is 0.340 e. The lowest BCUT2D eigenvalue weighted by Gasteiger charge is -2.47. The van der Waals surface area contributed by atoms with E-state index in [0.29, 0.717) is 39.5 Å². The van der Waals surface area contributed by atoms with E-state index in [9.17, 15) is 0 Å². The van der Waals surface area contributed by atoms with Gasteiger partial charge < -0.3 is 23.7 Å². The Hall–Kier alpha value is -0.200. The van der Waals surface area contributed by atoms with Crippen LogP contribution in [0.3, 0.4) is 0 Å². The molecule has 0 aromatic heterocycles. The third-order valence-electron chi connectivity index (χ3n) is 4.97. The van der Waals surface area contributed by atoms with Crippen LogP contribution in [0, 0.1) is 0 Å². The van der Waals surface area contributed by atoms with E-state index in [2.05, 4.69) is 41.5 Å². The zero-order valence-corrected chi connectivity index (χ0v) is 20.4. The molecule has 0 aliphatic carbocycles. The highest BCUT2D eigenvalue weighted by Gasteiger charge is 2.57. The minimum absolute atomic E-state index is 0.560. The molecule has 0 spiro atoms. The molecule has 0 bridgehead atoms. The van der Waals surface area contributed by atoms with Gasteiger partial charge in [0.25, 0.3) is 5.79 Å². The Kier molecular flexibility index (Phi) is 18.4. The summed E-state index contributed by atoms with van der Waals surface area (Å²) in [4.78, 5) is 0. The molecule has 5 nitrogen and oxygen atoms in total. The molecule has 0 rings (SSSR count). The Morgan fingerprint density at radius 3 is 0.931 bits per heavy atom. The van der Waals surface area contributed by atoms with Crippen molar-refractivity contribution in [1.29, 1.82) is 0 Å². The van der Waals surface area contributed by atoms with Gasteiger partial charge in [0.2, 0.25) is 0 Å². The maximum atomic E-state index is 6.43. The van der Waals surface area contributed by atoms with Crippen LogP contribution < -0.4 is 0 Å². The van der Waals surface area contributed by atoms with Crippen molar-refractivity contribution in [2.45, 2.75) is 124 Å². The summed E-state index contributed by atoms with van der Waals surface area (Å²) in [5.74, 6) is -2.39. The summed E-state index contributed by atoms with van der Waals surface area (Å²) in [6.07, 6.45) is 10.6. The van der Waals surface area contributed by atoms with E-state index in [-0.39, 0.29) is 0 Å². The highest BCUT2D eigenvalue weighted by Crippen LogP contribution is 2.38. The summed E-state index contributed by atoms with van der Waals surface area (Å²) in [5, 5.41) is 0. The second kappa shape index (κ2) is 18.6. The van der Waals surface area contributed by atoms with E-state index in [4.69, 9.17) is 23.7 Å². The Labute approximate surface area is 181 Å². The number of rotatable bonds is 22. The van der Waals surface area contributed by atoms with E-state index >= 15 is 0 Å². The van der Waals surface area contributed by atoms with Gasteiger partial charge in [0.05, 0.1) is 33.0 Å². The molecule has 0 amide bonds. The molecule has 0 atom stereocenters. The van der Waals surface area contributed by atoms with E-state index in [1.807, 2.05) is 0 Å². The molecule has 0 unspecified atom stereocenters. The summed E-state index contributed by atoms with van der Waals surface area (Å²) in [6.45, 7) is 15.7. The second-order valence-electron chi connectivity index (χ2n) is 7.67. The molecular weight excluding hydrogens is 368 g/mol. The number of ether oxygens (including phenoxy) is 5. The smallest absolute Gasteiger partial charge is 0.340 e. The van der Waals surface area contributed by atoms with E-state index in [0.717, 1.165) is 64.2 Å². The lowest BCUT2D eigenvalue weighted by molar-refractivity contribution is -0.499. The first-order valence-electron chi connectivity index (χ1n) is 12.3. The quantitative estimate of drug-likeness (QED) is 0.142. The Morgan fingerprint density at radius 2 is 0.690 bits per heavy atom. The average molecular weight is 419 g/mol. The normalized spacial score (nSPS) is 12.6. The van der Waals surface area contributed by atoms with Crippen LogP contribution >= 0.6 is 0 Å². The SMILES string of the molecule is CCCCOC(CC)(OCCCC)C(OCCCC)(OCCCC)OCCCC. The average Bonchev–Trinajstić information content (AvgIpc) is 2.73. The minimum Gasteiger partial charge on any atom is -0.343 e. The van der Waals surface area contributed by atoms with Crippen LogP contribution in [-0.4, -0.2) is 44.8 Å². The van der Waals surface area contributed by atoms with E-state index < -0.39 is 11.8 Å². The van der Waals surface area contributed by atoms with Gasteiger partial charge in [-0.05, 0) is 32.1 Å². The van der Waals surface area contributed by atoms with Gasteiger partial charge in [-0.25, -0.2) is 0 Å². The predicted octanol–water partition coefficient (Wildman–Crippen LogP) is 6.83. The standard InChI is InChI=1S/C24H50O5/c1-7-13-18-25-23(12-6,26-19-14-8-2)24(27-20-15-9-3,28-21-16-10-4)29-22-17-11-5/h7-22H2,1-6H3. The van der Waals surface area contributed by atoms with Crippen LogP contribution in [0.5, 0.6) is 0 Å². The van der Waals surface area contributed by atoms with Crippen LogP contribution in [0.2, 0.25) is 0 Å². The van der Waals surface area contributed by atoms with Gasteiger partial charge in [0.1, 0.15) is 0 Å². The first kappa shape index (κ1) is 28.8. The molecular formula is C24H50O5. The second-order valence-corrected chi connectivity index (χ2v) is 7.67. The molecule has 0 saturated heterocycles. The summed E-state index contributed by atoms with van der Waals surface area (Å²) >= 11 is 0. The lowest BCUT2D eigenvalue weighted by atomic mass is 10.1. The van der Waals surface area contributed by atoms with Crippen molar-refractivity contribution in [2.24, 2.45) is 0 Å². The van der Waals surface area contributed by atoms with Gasteiger partial charge in [-0.15, -0.1) is 0 Å². The van der Waals surface area contributed by atoms with Crippen molar-refractivity contribution in [3.05, 3.63) is 0 Å². The molecule has 0 radical (unpaired) electrons. The molecule has 0 saturated carbocycles. The molecule has 0 heterocycles. The van der Waals surface area contributed by atoms with Crippen molar-refractivity contribution in [3.8, 4) is 0 Å². The summed E-state index contributed by atoms with van der Waals surface area (Å²) < 4.78 is 32.0. The number of hydrogen-bond donors (Lipinski definition) is 0. The van der Waals surface area contributed by atoms with Crippen molar-refractivity contribution in [1.82, 2.24) is 0 Å². The molecule has 29 heavy (non-hydrogen) atoms. The van der Waals surface area contributed by atoms with Crippen molar-refractivity contribution in [2.75, 3.05) is 33.0 Å². The topological polar surface area (TPSA) is 46.2 Å². The summed E-state index contributed by atoms with van der Waals surface area (Å²) in [5.41, 5.74) is 0. The number of unbranched alkanes of at least 4 members (excludes halogenated alkanes) is 5. The third-order valence-corrected chi connectivity index (χ3v) is 4.97. The Morgan fingerprint density at radius 1 is 0.414 bits per heavy atom. The molecule has 0 aliphatic heterocycles. The zero-order chi connectivity index (χ0) is 21.8. The van der Waals surface area contributed by atoms with Crippen LogP contribution in [0.15, 0.2) is 0 Å². The zero-order valence-electron chi connectivity index (χ0n) is 20.4. The van der Waals surface area contributed by atoms with Gasteiger partial charge in [0, 0.05) is 6.42 Å². The maximum absolute atomic E-state index is 6.43. The highest BCUT2D eigenvalue weighted by atomic mass is 16.9. The van der Waals surface area contributed by atoms with Crippen molar-refractivity contribution in [3.63, 3.8) is 0 Å². The first-order chi connectivity index (χ1) is 14.1. The van der Waals surface area contributed by atoms with Gasteiger partial charge in [-0.2, -0.15) is 0 Å². The van der Waals surface area contributed by atoms with Crippen molar-refractivity contribution < 1.29 is 23.7 Å². The van der Waals surface area contributed by atoms with Crippen molar-refractivity contribution >= 4 is 0 Å². The van der Waals surface area contributed by atoms with Gasteiger partial charge in [-0.1, -0.05) is 73.6 Å². The fourth-order valence-corrected chi connectivity index (χ4v) is 2.91. The third kappa shape index (κ3) is 10.6. The first-order valence-corrected chi connectivity index (χ1v) is 12.3. The Balaban J connectivity index is 5.86. The molecule has 176 valence electrons. The largest absolute Gasteiger partial charge is 0.343 e. The molecule has 5 heteroatoms. The van der Waals surface area contributed by atoms with E-state index in [1.165, 1.54) is 0 Å². The van der Waals surface area contributed by atoms with Crippen LogP contribution in [0.25, 0.3) is 0 Å². The molecule has 0 fully saturated rings. The van der Waals surface area contributed by atoms with Crippen LogP contribution in [-0.2, 0) is 23.7 Å². The van der Waals surface area contributed by atoms with Gasteiger partial charge in [-0.3, -0.25) is 0 Å². The molecule has 0 aromatic carbocycles. The summed E-state index contributed by atoms with van der Waals surface area (Å²) in [6, 6.07) is 0.